The molecule has 5 nitrogen and oxygen atoms in total. The summed E-state index contributed by atoms with van der Waals surface area (Å²) in [6, 6.07) is 7.83. The first kappa shape index (κ1) is 16.5. The number of carbonyl (C=O) groups excluding carboxylic acids is 1. The van der Waals surface area contributed by atoms with Crippen LogP contribution in [0.25, 0.3) is 0 Å². The zero-order chi connectivity index (χ0) is 15.0. The second-order valence-electron chi connectivity index (χ2n) is 4.94. The van der Waals surface area contributed by atoms with E-state index in [0.29, 0.717) is 13.2 Å². The molecule has 112 valence electrons. The monoisotopic (exact) mass is 279 g/mol. The van der Waals surface area contributed by atoms with Crippen molar-refractivity contribution in [2.75, 3.05) is 25.5 Å². The molecule has 1 aromatic rings. The molecule has 0 heterocycles. The van der Waals surface area contributed by atoms with Gasteiger partial charge >= 0.3 is 6.03 Å². The van der Waals surface area contributed by atoms with Crippen molar-refractivity contribution in [3.63, 3.8) is 0 Å². The Morgan fingerprint density at radius 1 is 1.30 bits per heavy atom. The standard InChI is InChI=1S/C15H25N3O2/c1-11(2)20-9-8-17-15(19)18-14-7-5-6-13(10-14)12(3)16-4/h5-7,10-12,16H,8-9H2,1-4H3,(H2,17,18,19). The predicted octanol–water partition coefficient (Wildman–Crippen LogP) is 2.51. The average Bonchev–Trinajstić information content (AvgIpc) is 2.43. The van der Waals surface area contributed by atoms with Crippen LogP contribution in [-0.4, -0.2) is 32.3 Å². The third-order valence-electron chi connectivity index (χ3n) is 2.92. The molecule has 0 bridgehead atoms. The lowest BCUT2D eigenvalue weighted by molar-refractivity contribution is 0.0820. The molecular weight excluding hydrogens is 254 g/mol. The van der Waals surface area contributed by atoms with Crippen molar-refractivity contribution in [1.29, 1.82) is 0 Å². The van der Waals surface area contributed by atoms with Gasteiger partial charge in [-0.15, -0.1) is 0 Å². The van der Waals surface area contributed by atoms with Gasteiger partial charge in [-0.2, -0.15) is 0 Å². The SMILES string of the molecule is CNC(C)c1cccc(NC(=O)NCCOC(C)C)c1. The second-order valence-corrected chi connectivity index (χ2v) is 4.94. The van der Waals surface area contributed by atoms with Gasteiger partial charge < -0.3 is 20.7 Å². The van der Waals surface area contributed by atoms with Crippen LogP contribution in [0.2, 0.25) is 0 Å². The largest absolute Gasteiger partial charge is 0.377 e. The number of amides is 2. The molecule has 0 spiro atoms. The number of rotatable bonds is 7. The van der Waals surface area contributed by atoms with Crippen LogP contribution in [-0.2, 0) is 4.74 Å². The lowest BCUT2D eigenvalue weighted by Crippen LogP contribution is -2.32. The molecule has 0 aromatic heterocycles. The summed E-state index contributed by atoms with van der Waals surface area (Å²) < 4.78 is 5.36. The summed E-state index contributed by atoms with van der Waals surface area (Å²) in [5.74, 6) is 0. The number of ether oxygens (including phenoxy) is 1. The second kappa shape index (κ2) is 8.55. The molecule has 20 heavy (non-hydrogen) atoms. The van der Waals surface area contributed by atoms with E-state index >= 15 is 0 Å². The van der Waals surface area contributed by atoms with E-state index in [4.69, 9.17) is 4.74 Å². The van der Waals surface area contributed by atoms with Crippen LogP contribution in [0, 0.1) is 0 Å². The first-order valence-corrected chi connectivity index (χ1v) is 6.96. The zero-order valence-corrected chi connectivity index (χ0v) is 12.7. The van der Waals surface area contributed by atoms with Gasteiger partial charge in [0.25, 0.3) is 0 Å². The van der Waals surface area contributed by atoms with Gasteiger partial charge in [-0.25, -0.2) is 4.79 Å². The number of carbonyl (C=O) groups is 1. The summed E-state index contributed by atoms with van der Waals surface area (Å²) in [4.78, 5) is 11.7. The molecule has 0 saturated carbocycles. The maximum Gasteiger partial charge on any atom is 0.319 e. The fourth-order valence-electron chi connectivity index (χ4n) is 1.69. The van der Waals surface area contributed by atoms with Gasteiger partial charge in [0.15, 0.2) is 0 Å². The topological polar surface area (TPSA) is 62.4 Å². The first-order chi connectivity index (χ1) is 9.52. The number of nitrogens with one attached hydrogen (secondary N) is 3. The molecule has 0 aliphatic rings. The van der Waals surface area contributed by atoms with Crippen molar-refractivity contribution in [3.05, 3.63) is 29.8 Å². The third-order valence-corrected chi connectivity index (χ3v) is 2.92. The minimum atomic E-state index is -0.216. The van der Waals surface area contributed by atoms with E-state index in [2.05, 4.69) is 22.9 Å². The highest BCUT2D eigenvalue weighted by molar-refractivity contribution is 5.89. The highest BCUT2D eigenvalue weighted by atomic mass is 16.5. The van der Waals surface area contributed by atoms with Crippen LogP contribution in [0.5, 0.6) is 0 Å². The average molecular weight is 279 g/mol. The Morgan fingerprint density at radius 2 is 2.05 bits per heavy atom. The normalized spacial score (nSPS) is 12.2. The van der Waals surface area contributed by atoms with Crippen molar-refractivity contribution >= 4 is 11.7 Å². The molecule has 5 heteroatoms. The van der Waals surface area contributed by atoms with Gasteiger partial charge in [-0.3, -0.25) is 0 Å². The molecule has 1 rings (SSSR count). The first-order valence-electron chi connectivity index (χ1n) is 6.96. The van der Waals surface area contributed by atoms with E-state index in [1.54, 1.807) is 0 Å². The van der Waals surface area contributed by atoms with Crippen LogP contribution in [0.15, 0.2) is 24.3 Å². The Kier molecular flexibility index (Phi) is 7.04. The smallest absolute Gasteiger partial charge is 0.319 e. The summed E-state index contributed by atoms with van der Waals surface area (Å²) in [6.07, 6.45) is 0.180. The third kappa shape index (κ3) is 6.04. The Bertz CT molecular complexity index is 421. The van der Waals surface area contributed by atoms with E-state index in [1.165, 1.54) is 0 Å². The molecule has 0 radical (unpaired) electrons. The van der Waals surface area contributed by atoms with Crippen molar-refractivity contribution in [3.8, 4) is 0 Å². The van der Waals surface area contributed by atoms with E-state index < -0.39 is 0 Å². The molecule has 0 saturated heterocycles. The summed E-state index contributed by atoms with van der Waals surface area (Å²) in [6.45, 7) is 7.02. The van der Waals surface area contributed by atoms with Gasteiger partial charge in [0.1, 0.15) is 0 Å². The number of hydrogen-bond donors (Lipinski definition) is 3. The lowest BCUT2D eigenvalue weighted by Gasteiger charge is -2.13. The molecule has 0 fully saturated rings. The van der Waals surface area contributed by atoms with Crippen molar-refractivity contribution < 1.29 is 9.53 Å². The van der Waals surface area contributed by atoms with Gasteiger partial charge in [-0.1, -0.05) is 12.1 Å². The predicted molar refractivity (Wildman–Crippen MR) is 82.0 cm³/mol. The molecule has 0 aliphatic carbocycles. The molecular formula is C15H25N3O2. The van der Waals surface area contributed by atoms with Crippen LogP contribution < -0.4 is 16.0 Å². The zero-order valence-electron chi connectivity index (χ0n) is 12.7. The maximum atomic E-state index is 11.7. The van der Waals surface area contributed by atoms with Crippen LogP contribution in [0.4, 0.5) is 10.5 Å². The minimum Gasteiger partial charge on any atom is -0.377 e. The van der Waals surface area contributed by atoms with E-state index in [1.807, 2.05) is 45.2 Å². The van der Waals surface area contributed by atoms with Crippen molar-refractivity contribution in [2.45, 2.75) is 32.9 Å². The summed E-state index contributed by atoms with van der Waals surface area (Å²) in [7, 11) is 1.91. The van der Waals surface area contributed by atoms with Gasteiger partial charge in [0.2, 0.25) is 0 Å². The summed E-state index contributed by atoms with van der Waals surface area (Å²) in [5, 5.41) is 8.74. The van der Waals surface area contributed by atoms with Gasteiger partial charge in [0, 0.05) is 18.3 Å². The molecule has 1 atom stereocenters. The van der Waals surface area contributed by atoms with Gasteiger partial charge in [0.05, 0.1) is 12.7 Å². The van der Waals surface area contributed by atoms with E-state index in [0.717, 1.165) is 11.3 Å². The molecule has 3 N–H and O–H groups in total. The number of benzene rings is 1. The van der Waals surface area contributed by atoms with Gasteiger partial charge in [-0.05, 0) is 45.5 Å². The fourth-order valence-corrected chi connectivity index (χ4v) is 1.69. The van der Waals surface area contributed by atoms with E-state index in [-0.39, 0.29) is 18.2 Å². The molecule has 1 aromatic carbocycles. The number of hydrogen-bond acceptors (Lipinski definition) is 3. The van der Waals surface area contributed by atoms with E-state index in [9.17, 15) is 4.79 Å². The summed E-state index contributed by atoms with van der Waals surface area (Å²) >= 11 is 0. The fraction of sp³-hybridized carbons (Fsp3) is 0.533. The Hall–Kier alpha value is -1.59. The molecule has 2 amide bonds. The van der Waals surface area contributed by atoms with Crippen LogP contribution in [0.1, 0.15) is 32.4 Å². The van der Waals surface area contributed by atoms with Crippen molar-refractivity contribution in [1.82, 2.24) is 10.6 Å². The highest BCUT2D eigenvalue weighted by Gasteiger charge is 2.05. The number of urea groups is 1. The van der Waals surface area contributed by atoms with Crippen molar-refractivity contribution in [2.24, 2.45) is 0 Å². The quantitative estimate of drug-likeness (QED) is 0.672. The number of anilines is 1. The molecule has 1 unspecified atom stereocenters. The summed E-state index contributed by atoms with van der Waals surface area (Å²) in [5.41, 5.74) is 1.92. The Balaban J connectivity index is 2.41. The lowest BCUT2D eigenvalue weighted by atomic mass is 10.1. The Labute approximate surface area is 121 Å². The minimum absolute atomic E-state index is 0.180. The van der Waals surface area contributed by atoms with Crippen LogP contribution >= 0.6 is 0 Å². The molecule has 0 aliphatic heterocycles. The van der Waals surface area contributed by atoms with Crippen LogP contribution in [0.3, 0.4) is 0 Å². The maximum absolute atomic E-state index is 11.7. The highest BCUT2D eigenvalue weighted by Crippen LogP contribution is 2.16. The Morgan fingerprint density at radius 3 is 2.70 bits per heavy atom.